The quantitative estimate of drug-likeness (QED) is 0.619. The Morgan fingerprint density at radius 1 is 1.38 bits per heavy atom. The number of rotatable bonds is 2. The highest BCUT2D eigenvalue weighted by atomic mass is 16.5. The van der Waals surface area contributed by atoms with E-state index in [2.05, 4.69) is 5.32 Å². The molecular weight excluding hydrogens is 170 g/mol. The Labute approximate surface area is 77.3 Å². The highest BCUT2D eigenvalue weighted by Crippen LogP contribution is 2.26. The maximum Gasteiger partial charge on any atom is 0.223 e. The van der Waals surface area contributed by atoms with Crippen LogP contribution in [0.1, 0.15) is 19.3 Å². The number of aliphatic hydroxyl groups is 1. The minimum atomic E-state index is -0.524. The van der Waals surface area contributed by atoms with Crippen molar-refractivity contribution in [3.8, 4) is 0 Å². The zero-order chi connectivity index (χ0) is 9.26. The third-order valence-corrected chi connectivity index (χ3v) is 2.85. The van der Waals surface area contributed by atoms with E-state index in [1.807, 2.05) is 0 Å². The highest BCUT2D eigenvalue weighted by Gasteiger charge is 2.31. The Balaban J connectivity index is 1.79. The van der Waals surface area contributed by atoms with Crippen molar-refractivity contribution in [2.75, 3.05) is 13.2 Å². The molecule has 2 atom stereocenters. The molecule has 1 saturated carbocycles. The minimum Gasteiger partial charge on any atom is -0.388 e. The van der Waals surface area contributed by atoms with Crippen molar-refractivity contribution in [2.45, 2.75) is 31.4 Å². The summed E-state index contributed by atoms with van der Waals surface area (Å²) in [7, 11) is 0. The number of amides is 1. The Bertz CT molecular complexity index is 203. The largest absolute Gasteiger partial charge is 0.388 e. The Hall–Kier alpha value is -0.610. The van der Waals surface area contributed by atoms with Gasteiger partial charge >= 0.3 is 0 Å². The second kappa shape index (κ2) is 3.64. The van der Waals surface area contributed by atoms with Gasteiger partial charge in [0.2, 0.25) is 5.91 Å². The summed E-state index contributed by atoms with van der Waals surface area (Å²) >= 11 is 0. The standard InChI is InChI=1S/C9H15NO3/c11-8-5-13-4-7(8)10-9(12)6-2-1-3-6/h6-8,11H,1-5H2,(H,10,12). The molecule has 1 heterocycles. The molecule has 2 unspecified atom stereocenters. The maximum atomic E-state index is 11.4. The average molecular weight is 185 g/mol. The number of nitrogens with one attached hydrogen (secondary N) is 1. The van der Waals surface area contributed by atoms with Crippen molar-refractivity contribution < 1.29 is 14.6 Å². The summed E-state index contributed by atoms with van der Waals surface area (Å²) in [5.41, 5.74) is 0. The van der Waals surface area contributed by atoms with Crippen molar-refractivity contribution in [1.29, 1.82) is 0 Å². The molecule has 0 aromatic carbocycles. The Kier molecular flexibility index (Phi) is 2.51. The van der Waals surface area contributed by atoms with E-state index in [-0.39, 0.29) is 17.9 Å². The van der Waals surface area contributed by atoms with Crippen LogP contribution in [0.3, 0.4) is 0 Å². The number of ether oxygens (including phenoxy) is 1. The van der Waals surface area contributed by atoms with Gasteiger partial charge in [-0.2, -0.15) is 0 Å². The van der Waals surface area contributed by atoms with Gasteiger partial charge in [-0.1, -0.05) is 6.42 Å². The lowest BCUT2D eigenvalue weighted by Gasteiger charge is -2.26. The molecule has 0 aromatic heterocycles. The van der Waals surface area contributed by atoms with Crippen molar-refractivity contribution in [3.05, 3.63) is 0 Å². The van der Waals surface area contributed by atoms with Crippen molar-refractivity contribution >= 4 is 5.91 Å². The van der Waals surface area contributed by atoms with Crippen LogP contribution in [0.4, 0.5) is 0 Å². The summed E-state index contributed by atoms with van der Waals surface area (Å²) < 4.78 is 5.04. The molecule has 74 valence electrons. The fourth-order valence-corrected chi connectivity index (χ4v) is 1.65. The van der Waals surface area contributed by atoms with Gasteiger partial charge in [0.15, 0.2) is 0 Å². The van der Waals surface area contributed by atoms with Crippen molar-refractivity contribution in [1.82, 2.24) is 5.32 Å². The normalized spacial score (nSPS) is 34.2. The van der Waals surface area contributed by atoms with E-state index < -0.39 is 6.10 Å². The SMILES string of the molecule is O=C(NC1COCC1O)C1CCC1. The van der Waals surface area contributed by atoms with Gasteiger partial charge < -0.3 is 15.2 Å². The van der Waals surface area contributed by atoms with Gasteiger partial charge in [-0.3, -0.25) is 4.79 Å². The third-order valence-electron chi connectivity index (χ3n) is 2.85. The molecule has 2 aliphatic rings. The topological polar surface area (TPSA) is 58.6 Å². The summed E-state index contributed by atoms with van der Waals surface area (Å²) in [6.07, 6.45) is 2.62. The second-order valence-corrected chi connectivity index (χ2v) is 3.85. The summed E-state index contributed by atoms with van der Waals surface area (Å²) in [5.74, 6) is 0.272. The summed E-state index contributed by atoms with van der Waals surface area (Å²) in [6, 6.07) is -0.187. The summed E-state index contributed by atoms with van der Waals surface area (Å²) in [4.78, 5) is 11.4. The molecule has 4 nitrogen and oxygen atoms in total. The molecule has 0 radical (unpaired) electrons. The van der Waals surface area contributed by atoms with Crippen LogP contribution in [0, 0.1) is 5.92 Å². The lowest BCUT2D eigenvalue weighted by molar-refractivity contribution is -0.128. The van der Waals surface area contributed by atoms with Gasteiger partial charge in [0, 0.05) is 5.92 Å². The molecule has 0 spiro atoms. The van der Waals surface area contributed by atoms with Crippen LogP contribution in [-0.4, -0.2) is 36.4 Å². The molecule has 13 heavy (non-hydrogen) atoms. The first-order chi connectivity index (χ1) is 6.27. The molecular formula is C9H15NO3. The van der Waals surface area contributed by atoms with Crippen LogP contribution in [0.15, 0.2) is 0 Å². The van der Waals surface area contributed by atoms with Gasteiger partial charge in [0.25, 0.3) is 0 Å². The van der Waals surface area contributed by atoms with Gasteiger partial charge in [-0.15, -0.1) is 0 Å². The van der Waals surface area contributed by atoms with E-state index in [9.17, 15) is 9.90 Å². The van der Waals surface area contributed by atoms with Crippen molar-refractivity contribution in [3.63, 3.8) is 0 Å². The highest BCUT2D eigenvalue weighted by molar-refractivity contribution is 5.79. The summed E-state index contributed by atoms with van der Waals surface area (Å²) in [6.45, 7) is 0.787. The first kappa shape index (κ1) is 8.97. The molecule has 2 fully saturated rings. The fourth-order valence-electron chi connectivity index (χ4n) is 1.65. The molecule has 2 rings (SSSR count). The van der Waals surface area contributed by atoms with Gasteiger partial charge in [0.05, 0.1) is 25.4 Å². The van der Waals surface area contributed by atoms with Crippen LogP contribution < -0.4 is 5.32 Å². The van der Waals surface area contributed by atoms with Crippen LogP contribution in [0.5, 0.6) is 0 Å². The smallest absolute Gasteiger partial charge is 0.223 e. The Morgan fingerprint density at radius 3 is 2.62 bits per heavy atom. The zero-order valence-electron chi connectivity index (χ0n) is 7.53. The van der Waals surface area contributed by atoms with Crippen LogP contribution in [-0.2, 0) is 9.53 Å². The molecule has 1 amide bonds. The first-order valence-corrected chi connectivity index (χ1v) is 4.83. The van der Waals surface area contributed by atoms with Crippen molar-refractivity contribution in [2.24, 2.45) is 5.92 Å². The Morgan fingerprint density at radius 2 is 2.15 bits per heavy atom. The summed E-state index contributed by atoms with van der Waals surface area (Å²) in [5, 5.41) is 12.2. The van der Waals surface area contributed by atoms with Crippen LogP contribution >= 0.6 is 0 Å². The molecule has 1 aliphatic heterocycles. The first-order valence-electron chi connectivity index (χ1n) is 4.83. The fraction of sp³-hybridized carbons (Fsp3) is 0.889. The van der Waals surface area contributed by atoms with Gasteiger partial charge in [-0.05, 0) is 12.8 Å². The number of carbonyl (C=O) groups is 1. The molecule has 4 heteroatoms. The number of carbonyl (C=O) groups excluding carboxylic acids is 1. The van der Waals surface area contributed by atoms with E-state index >= 15 is 0 Å². The van der Waals surface area contributed by atoms with Crippen LogP contribution in [0.2, 0.25) is 0 Å². The lowest BCUT2D eigenvalue weighted by Crippen LogP contribution is -2.46. The number of aliphatic hydroxyl groups excluding tert-OH is 1. The predicted octanol–water partition coefficient (Wildman–Crippen LogP) is -0.338. The molecule has 0 bridgehead atoms. The second-order valence-electron chi connectivity index (χ2n) is 3.85. The van der Waals surface area contributed by atoms with E-state index in [0.29, 0.717) is 13.2 Å². The van der Waals surface area contributed by atoms with Gasteiger partial charge in [0.1, 0.15) is 0 Å². The molecule has 1 aliphatic carbocycles. The average Bonchev–Trinajstić information content (AvgIpc) is 2.32. The molecule has 2 N–H and O–H groups in total. The number of hydrogen-bond donors (Lipinski definition) is 2. The third kappa shape index (κ3) is 1.84. The van der Waals surface area contributed by atoms with E-state index in [0.717, 1.165) is 19.3 Å². The van der Waals surface area contributed by atoms with Gasteiger partial charge in [-0.25, -0.2) is 0 Å². The van der Waals surface area contributed by atoms with E-state index in [1.54, 1.807) is 0 Å². The number of hydrogen-bond acceptors (Lipinski definition) is 3. The van der Waals surface area contributed by atoms with E-state index in [1.165, 1.54) is 0 Å². The van der Waals surface area contributed by atoms with Crippen LogP contribution in [0.25, 0.3) is 0 Å². The monoisotopic (exact) mass is 185 g/mol. The lowest BCUT2D eigenvalue weighted by atomic mass is 9.84. The molecule has 0 aromatic rings. The predicted molar refractivity (Wildman–Crippen MR) is 46.1 cm³/mol. The minimum absolute atomic E-state index is 0.0841. The van der Waals surface area contributed by atoms with E-state index in [4.69, 9.17) is 4.74 Å². The zero-order valence-corrected chi connectivity index (χ0v) is 7.53. The molecule has 1 saturated heterocycles. The maximum absolute atomic E-state index is 11.4.